The molecule has 29 heavy (non-hydrogen) atoms. The summed E-state index contributed by atoms with van der Waals surface area (Å²) in [6, 6.07) is 0. The fraction of sp³-hybridized carbons (Fsp3) is 0.545. The highest BCUT2D eigenvalue weighted by Gasteiger charge is 2.31. The van der Waals surface area contributed by atoms with Crippen LogP contribution in [0.1, 0.15) is 50.5 Å². The first-order valence-electron chi connectivity index (χ1n) is 10.5. The molecule has 0 aromatic carbocycles. The molecule has 1 fully saturated rings. The average Bonchev–Trinajstić information content (AvgIpc) is 3.30. The lowest BCUT2D eigenvalue weighted by Gasteiger charge is -2.25. The third-order valence-electron chi connectivity index (χ3n) is 5.55. The molecule has 0 N–H and O–H groups in total. The van der Waals surface area contributed by atoms with E-state index in [0.717, 1.165) is 48.7 Å². The minimum Gasteiger partial charge on any atom is -0.371 e. The minimum atomic E-state index is -0.131. The third kappa shape index (κ3) is 3.73. The van der Waals surface area contributed by atoms with Crippen molar-refractivity contribution in [3.05, 3.63) is 29.0 Å². The zero-order valence-corrected chi connectivity index (χ0v) is 18.1. The number of nitrogens with zero attached hydrogens (tertiary/aromatic N) is 5. The summed E-state index contributed by atoms with van der Waals surface area (Å²) in [4.78, 5) is 23.6. The van der Waals surface area contributed by atoms with Gasteiger partial charge in [0.15, 0.2) is 5.82 Å². The van der Waals surface area contributed by atoms with Crippen molar-refractivity contribution in [2.75, 3.05) is 18.0 Å². The average molecular weight is 410 g/mol. The van der Waals surface area contributed by atoms with Crippen LogP contribution in [-0.2, 0) is 17.6 Å². The molecule has 1 aliphatic heterocycles. The first kappa shape index (κ1) is 18.9. The summed E-state index contributed by atoms with van der Waals surface area (Å²) in [5.41, 5.74) is 2.06. The number of hydrogen-bond acceptors (Lipinski definition) is 7. The zero-order valence-electron chi connectivity index (χ0n) is 17.3. The van der Waals surface area contributed by atoms with Gasteiger partial charge in [0.2, 0.25) is 0 Å². The van der Waals surface area contributed by atoms with Crippen molar-refractivity contribution in [1.29, 1.82) is 0 Å². The Morgan fingerprint density at radius 3 is 2.79 bits per heavy atom. The van der Waals surface area contributed by atoms with Crippen molar-refractivity contribution in [3.63, 3.8) is 0 Å². The van der Waals surface area contributed by atoms with Crippen LogP contribution in [0.4, 0.5) is 5.82 Å². The van der Waals surface area contributed by atoms with Crippen molar-refractivity contribution in [1.82, 2.24) is 19.9 Å². The molecule has 5 rings (SSSR count). The van der Waals surface area contributed by atoms with E-state index in [4.69, 9.17) is 14.7 Å². The fourth-order valence-corrected chi connectivity index (χ4v) is 5.67. The SMILES string of the molecule is CC(C)(C)O[C@@H]1CCN(c2nc(-c3cnccn3)nc3sc4c(c23)CCCC4)C1. The zero-order chi connectivity index (χ0) is 20.0. The molecule has 0 saturated carbocycles. The van der Waals surface area contributed by atoms with Crippen molar-refractivity contribution >= 4 is 27.4 Å². The number of hydrogen-bond donors (Lipinski definition) is 0. The molecule has 6 nitrogen and oxygen atoms in total. The number of anilines is 1. The number of thiophene rings is 1. The lowest BCUT2D eigenvalue weighted by atomic mass is 9.97. The lowest BCUT2D eigenvalue weighted by molar-refractivity contribution is -0.0492. The van der Waals surface area contributed by atoms with Gasteiger partial charge in [0, 0.05) is 30.4 Å². The Kier molecular flexibility index (Phi) is 4.75. The van der Waals surface area contributed by atoms with Crippen LogP contribution in [0.5, 0.6) is 0 Å². The molecule has 1 saturated heterocycles. The van der Waals surface area contributed by atoms with Gasteiger partial charge in [0.1, 0.15) is 16.3 Å². The van der Waals surface area contributed by atoms with Gasteiger partial charge in [-0.3, -0.25) is 4.98 Å². The molecule has 2 aliphatic rings. The van der Waals surface area contributed by atoms with E-state index in [-0.39, 0.29) is 11.7 Å². The maximum atomic E-state index is 6.27. The second-order valence-corrected chi connectivity index (χ2v) is 10.0. The van der Waals surface area contributed by atoms with E-state index in [1.165, 1.54) is 28.7 Å². The van der Waals surface area contributed by atoms with Gasteiger partial charge in [0.05, 0.1) is 23.3 Å². The molecule has 1 atom stereocenters. The Labute approximate surface area is 175 Å². The van der Waals surface area contributed by atoms with E-state index < -0.39 is 0 Å². The molecular formula is C22H27N5OS. The highest BCUT2D eigenvalue weighted by Crippen LogP contribution is 2.41. The van der Waals surface area contributed by atoms with Crippen LogP contribution >= 0.6 is 11.3 Å². The van der Waals surface area contributed by atoms with Crippen LogP contribution in [-0.4, -0.2) is 44.7 Å². The normalized spacial score (nSPS) is 19.7. The molecule has 0 bridgehead atoms. The van der Waals surface area contributed by atoms with E-state index in [1.807, 2.05) is 11.3 Å². The first-order valence-corrected chi connectivity index (χ1v) is 11.3. The van der Waals surface area contributed by atoms with E-state index in [1.54, 1.807) is 18.6 Å². The summed E-state index contributed by atoms with van der Waals surface area (Å²) in [5, 5.41) is 1.26. The Hall–Kier alpha value is -2.12. The van der Waals surface area contributed by atoms with Gasteiger partial charge in [-0.05, 0) is 58.4 Å². The maximum absolute atomic E-state index is 6.27. The molecule has 0 spiro atoms. The molecule has 152 valence electrons. The molecule has 0 radical (unpaired) electrons. The fourth-order valence-electron chi connectivity index (χ4n) is 4.41. The van der Waals surface area contributed by atoms with Crippen molar-refractivity contribution in [2.24, 2.45) is 0 Å². The molecule has 0 unspecified atom stereocenters. The Balaban J connectivity index is 1.60. The van der Waals surface area contributed by atoms with E-state index >= 15 is 0 Å². The van der Waals surface area contributed by atoms with Crippen LogP contribution in [0.2, 0.25) is 0 Å². The summed E-state index contributed by atoms with van der Waals surface area (Å²) in [6.07, 6.45) is 11.2. The van der Waals surface area contributed by atoms with E-state index in [2.05, 4.69) is 35.6 Å². The van der Waals surface area contributed by atoms with E-state index in [9.17, 15) is 0 Å². The minimum absolute atomic E-state index is 0.131. The van der Waals surface area contributed by atoms with Crippen LogP contribution in [0, 0.1) is 0 Å². The second-order valence-electron chi connectivity index (χ2n) is 8.94. The molecule has 3 aromatic heterocycles. The lowest BCUT2D eigenvalue weighted by Crippen LogP contribution is -2.30. The third-order valence-corrected chi connectivity index (χ3v) is 6.74. The van der Waals surface area contributed by atoms with Crippen molar-refractivity contribution in [2.45, 2.75) is 64.6 Å². The largest absolute Gasteiger partial charge is 0.371 e. The topological polar surface area (TPSA) is 64.0 Å². The summed E-state index contributed by atoms with van der Waals surface area (Å²) in [7, 11) is 0. The van der Waals surface area contributed by atoms with Gasteiger partial charge in [0.25, 0.3) is 0 Å². The highest BCUT2D eigenvalue weighted by atomic mass is 32.1. The van der Waals surface area contributed by atoms with Crippen LogP contribution < -0.4 is 4.90 Å². The standard InChI is InChI=1S/C22H27N5OS/c1-22(2,3)28-14-8-11-27(13-14)20-18-15-6-4-5-7-17(15)29-21(18)26-19(25-20)16-12-23-9-10-24-16/h9-10,12,14H,4-8,11,13H2,1-3H3/t14-/m1/s1. The summed E-state index contributed by atoms with van der Waals surface area (Å²) in [6.45, 7) is 8.20. The van der Waals surface area contributed by atoms with Gasteiger partial charge in [-0.25, -0.2) is 15.0 Å². The number of ether oxygens (including phenoxy) is 1. The Morgan fingerprint density at radius 2 is 2.00 bits per heavy atom. The smallest absolute Gasteiger partial charge is 0.183 e. The van der Waals surface area contributed by atoms with Crippen molar-refractivity contribution in [3.8, 4) is 11.5 Å². The van der Waals surface area contributed by atoms with Gasteiger partial charge >= 0.3 is 0 Å². The van der Waals surface area contributed by atoms with Gasteiger partial charge in [-0.1, -0.05) is 0 Å². The van der Waals surface area contributed by atoms with Crippen LogP contribution in [0.15, 0.2) is 18.6 Å². The van der Waals surface area contributed by atoms with Gasteiger partial charge < -0.3 is 9.64 Å². The summed E-state index contributed by atoms with van der Waals surface area (Å²) < 4.78 is 6.27. The van der Waals surface area contributed by atoms with Crippen LogP contribution in [0.3, 0.4) is 0 Å². The molecule has 4 heterocycles. The Morgan fingerprint density at radius 1 is 1.14 bits per heavy atom. The molecule has 3 aromatic rings. The number of fused-ring (bicyclic) bond motifs is 3. The monoisotopic (exact) mass is 409 g/mol. The Bertz CT molecular complexity index is 1030. The maximum Gasteiger partial charge on any atom is 0.183 e. The molecule has 0 amide bonds. The number of aryl methyl sites for hydroxylation is 2. The first-order chi connectivity index (χ1) is 14.0. The highest BCUT2D eigenvalue weighted by molar-refractivity contribution is 7.19. The second kappa shape index (κ2) is 7.29. The predicted octanol–water partition coefficient (Wildman–Crippen LogP) is 4.42. The molecular weight excluding hydrogens is 382 g/mol. The predicted molar refractivity (Wildman–Crippen MR) is 117 cm³/mol. The van der Waals surface area contributed by atoms with Crippen molar-refractivity contribution < 1.29 is 4.74 Å². The number of aromatic nitrogens is 4. The quantitative estimate of drug-likeness (QED) is 0.638. The van der Waals surface area contributed by atoms with Crippen LogP contribution in [0.25, 0.3) is 21.7 Å². The van der Waals surface area contributed by atoms with Gasteiger partial charge in [-0.15, -0.1) is 11.3 Å². The van der Waals surface area contributed by atoms with E-state index in [0.29, 0.717) is 5.82 Å². The molecule has 1 aliphatic carbocycles. The summed E-state index contributed by atoms with van der Waals surface area (Å²) >= 11 is 1.84. The van der Waals surface area contributed by atoms with Gasteiger partial charge in [-0.2, -0.15) is 0 Å². The summed E-state index contributed by atoms with van der Waals surface area (Å²) in [5.74, 6) is 1.72. The number of rotatable bonds is 3. The molecule has 7 heteroatoms.